The molecule has 1 N–H and O–H groups in total. The number of amides is 1. The Morgan fingerprint density at radius 3 is 2.56 bits per heavy atom. The van der Waals surface area contributed by atoms with Crippen molar-refractivity contribution in [3.05, 3.63) is 69.9 Å². The van der Waals surface area contributed by atoms with Gasteiger partial charge in [-0.2, -0.15) is 0 Å². The highest BCUT2D eigenvalue weighted by molar-refractivity contribution is 5.76. The molecular formula is C20H23FN2O2. The fraction of sp³-hybridized carbons (Fsp3) is 0.400. The lowest BCUT2D eigenvalue weighted by atomic mass is 9.90. The topological polar surface area (TPSA) is 53.2 Å². The van der Waals surface area contributed by atoms with Gasteiger partial charge in [0.2, 0.25) is 11.5 Å². The molecule has 0 spiro atoms. The molecule has 1 fully saturated rings. The third kappa shape index (κ3) is 4.78. The maximum atomic E-state index is 12.9. The first-order valence-electron chi connectivity index (χ1n) is 8.82. The first-order valence-corrected chi connectivity index (χ1v) is 8.82. The van der Waals surface area contributed by atoms with Crippen LogP contribution in [0.3, 0.4) is 0 Å². The molecule has 1 aliphatic heterocycles. The summed E-state index contributed by atoms with van der Waals surface area (Å²) in [5, 5.41) is 0. The average Bonchev–Trinajstić information content (AvgIpc) is 2.63. The number of rotatable bonds is 5. The third-order valence-electron chi connectivity index (χ3n) is 4.89. The minimum atomic E-state index is -0.233. The molecule has 3 rings (SSSR count). The number of piperidine rings is 1. The number of halogens is 1. The Bertz CT molecular complexity index is 762. The smallest absolute Gasteiger partial charge is 0.248 e. The van der Waals surface area contributed by atoms with Crippen molar-refractivity contribution in [3.8, 4) is 0 Å². The van der Waals surface area contributed by atoms with Crippen LogP contribution in [0.15, 0.2) is 47.4 Å². The standard InChI is InChI=1S/C20H23FN2O2/c21-18-6-4-15(5-7-18)2-1-3-20(25)23-12-9-16(10-13-23)17-8-11-22-19(24)14-17/h4-8,11,14,16H,1-3,9-10,12-13H2,(H,22,24). The maximum Gasteiger partial charge on any atom is 0.248 e. The highest BCUT2D eigenvalue weighted by atomic mass is 19.1. The quantitative estimate of drug-likeness (QED) is 0.907. The Morgan fingerprint density at radius 2 is 1.88 bits per heavy atom. The second-order valence-corrected chi connectivity index (χ2v) is 6.62. The molecule has 1 saturated heterocycles. The zero-order valence-corrected chi connectivity index (χ0v) is 14.2. The van der Waals surface area contributed by atoms with Gasteiger partial charge in [0.05, 0.1) is 0 Å². The van der Waals surface area contributed by atoms with Crippen molar-refractivity contribution in [3.63, 3.8) is 0 Å². The molecule has 132 valence electrons. The Labute approximate surface area is 146 Å². The van der Waals surface area contributed by atoms with E-state index in [9.17, 15) is 14.0 Å². The molecule has 5 heteroatoms. The Morgan fingerprint density at radius 1 is 1.16 bits per heavy atom. The number of H-pyrrole nitrogens is 1. The monoisotopic (exact) mass is 342 g/mol. The first-order chi connectivity index (χ1) is 12.1. The molecule has 1 aromatic carbocycles. The zero-order valence-electron chi connectivity index (χ0n) is 14.2. The van der Waals surface area contributed by atoms with Gasteiger partial charge >= 0.3 is 0 Å². The maximum absolute atomic E-state index is 12.9. The minimum Gasteiger partial charge on any atom is -0.343 e. The molecule has 25 heavy (non-hydrogen) atoms. The number of benzene rings is 1. The van der Waals surface area contributed by atoms with E-state index in [0.29, 0.717) is 12.3 Å². The predicted octanol–water partition coefficient (Wildman–Crippen LogP) is 3.24. The van der Waals surface area contributed by atoms with Gasteiger partial charge in [0.1, 0.15) is 5.82 Å². The zero-order chi connectivity index (χ0) is 17.6. The number of hydrogen-bond donors (Lipinski definition) is 1. The molecule has 0 radical (unpaired) electrons. The molecule has 0 aliphatic carbocycles. The number of aromatic amines is 1. The molecule has 0 bridgehead atoms. The van der Waals surface area contributed by atoms with Crippen LogP contribution < -0.4 is 5.56 Å². The molecular weight excluding hydrogens is 319 g/mol. The van der Waals surface area contributed by atoms with E-state index >= 15 is 0 Å². The molecule has 0 saturated carbocycles. The minimum absolute atomic E-state index is 0.0724. The summed E-state index contributed by atoms with van der Waals surface area (Å²) in [6.07, 6.45) is 5.56. The molecule has 1 aliphatic rings. The number of hydrogen-bond acceptors (Lipinski definition) is 2. The van der Waals surface area contributed by atoms with Gasteiger partial charge in [0.15, 0.2) is 0 Å². The molecule has 1 amide bonds. The van der Waals surface area contributed by atoms with Crippen LogP contribution in [0, 0.1) is 5.82 Å². The van der Waals surface area contributed by atoms with Crippen LogP contribution in [0.4, 0.5) is 4.39 Å². The molecule has 0 unspecified atom stereocenters. The van der Waals surface area contributed by atoms with Crippen molar-refractivity contribution >= 4 is 5.91 Å². The fourth-order valence-corrected chi connectivity index (χ4v) is 3.43. The summed E-state index contributed by atoms with van der Waals surface area (Å²) in [5.41, 5.74) is 2.05. The van der Waals surface area contributed by atoms with Gasteiger partial charge in [-0.05, 0) is 60.9 Å². The molecule has 4 nitrogen and oxygen atoms in total. The third-order valence-corrected chi connectivity index (χ3v) is 4.89. The normalized spacial score (nSPS) is 15.3. The number of nitrogens with zero attached hydrogens (tertiary/aromatic N) is 1. The van der Waals surface area contributed by atoms with Gasteiger partial charge in [-0.1, -0.05) is 12.1 Å². The summed E-state index contributed by atoms with van der Waals surface area (Å²) in [5.74, 6) is 0.306. The van der Waals surface area contributed by atoms with E-state index in [1.54, 1.807) is 24.4 Å². The van der Waals surface area contributed by atoms with E-state index < -0.39 is 0 Å². The van der Waals surface area contributed by atoms with E-state index in [1.165, 1.54) is 12.1 Å². The van der Waals surface area contributed by atoms with Crippen molar-refractivity contribution in [2.75, 3.05) is 13.1 Å². The molecule has 0 atom stereocenters. The van der Waals surface area contributed by atoms with Crippen LogP contribution in [-0.2, 0) is 11.2 Å². The van der Waals surface area contributed by atoms with Gasteiger partial charge in [-0.3, -0.25) is 9.59 Å². The van der Waals surface area contributed by atoms with E-state index in [0.717, 1.165) is 49.9 Å². The molecule has 1 aromatic heterocycles. The highest BCUT2D eigenvalue weighted by Crippen LogP contribution is 2.27. The SMILES string of the molecule is O=C(CCCc1ccc(F)cc1)N1CCC(c2cc[nH]c(=O)c2)CC1. The molecule has 2 heterocycles. The van der Waals surface area contributed by atoms with Crippen LogP contribution in [0.2, 0.25) is 0 Å². The van der Waals surface area contributed by atoms with E-state index in [4.69, 9.17) is 0 Å². The summed E-state index contributed by atoms with van der Waals surface area (Å²) in [7, 11) is 0. The lowest BCUT2D eigenvalue weighted by Crippen LogP contribution is -2.38. The second-order valence-electron chi connectivity index (χ2n) is 6.62. The van der Waals surface area contributed by atoms with Crippen molar-refractivity contribution in [1.29, 1.82) is 0 Å². The lowest BCUT2D eigenvalue weighted by Gasteiger charge is -2.32. The average molecular weight is 342 g/mol. The fourth-order valence-electron chi connectivity index (χ4n) is 3.43. The van der Waals surface area contributed by atoms with Crippen LogP contribution in [-0.4, -0.2) is 28.9 Å². The summed E-state index contributed by atoms with van der Waals surface area (Å²) in [6, 6.07) is 10.1. The van der Waals surface area contributed by atoms with Crippen molar-refractivity contribution in [2.45, 2.75) is 38.0 Å². The number of carbonyl (C=O) groups excluding carboxylic acids is 1. The van der Waals surface area contributed by atoms with Crippen LogP contribution in [0.1, 0.15) is 42.7 Å². The van der Waals surface area contributed by atoms with E-state index in [1.807, 2.05) is 11.0 Å². The van der Waals surface area contributed by atoms with Crippen LogP contribution in [0.25, 0.3) is 0 Å². The van der Waals surface area contributed by atoms with Gasteiger partial charge in [-0.15, -0.1) is 0 Å². The molecule has 2 aromatic rings. The number of nitrogens with one attached hydrogen (secondary N) is 1. The van der Waals surface area contributed by atoms with Crippen molar-refractivity contribution in [1.82, 2.24) is 9.88 Å². The summed E-state index contributed by atoms with van der Waals surface area (Å²) < 4.78 is 12.9. The number of carbonyl (C=O) groups is 1. The number of aryl methyl sites for hydroxylation is 1. The summed E-state index contributed by atoms with van der Waals surface area (Å²) in [6.45, 7) is 1.49. The van der Waals surface area contributed by atoms with Crippen molar-refractivity contribution in [2.24, 2.45) is 0 Å². The first kappa shape index (κ1) is 17.4. The Kier molecular flexibility index (Phi) is 5.64. The lowest BCUT2D eigenvalue weighted by molar-refractivity contribution is -0.132. The Balaban J connectivity index is 1.43. The number of aromatic nitrogens is 1. The largest absolute Gasteiger partial charge is 0.343 e. The second kappa shape index (κ2) is 8.10. The van der Waals surface area contributed by atoms with Crippen molar-refractivity contribution < 1.29 is 9.18 Å². The van der Waals surface area contributed by atoms with Gasteiger partial charge < -0.3 is 9.88 Å². The highest BCUT2D eigenvalue weighted by Gasteiger charge is 2.23. The van der Waals surface area contributed by atoms with Gasteiger partial charge in [-0.25, -0.2) is 4.39 Å². The van der Waals surface area contributed by atoms with Crippen LogP contribution >= 0.6 is 0 Å². The number of likely N-dealkylation sites (tertiary alicyclic amines) is 1. The number of pyridine rings is 1. The van der Waals surface area contributed by atoms with E-state index in [-0.39, 0.29) is 17.3 Å². The summed E-state index contributed by atoms with van der Waals surface area (Å²) >= 11 is 0. The van der Waals surface area contributed by atoms with Gasteiger partial charge in [0, 0.05) is 31.8 Å². The van der Waals surface area contributed by atoms with Crippen LogP contribution in [0.5, 0.6) is 0 Å². The van der Waals surface area contributed by atoms with Gasteiger partial charge in [0.25, 0.3) is 0 Å². The Hall–Kier alpha value is -2.43. The summed E-state index contributed by atoms with van der Waals surface area (Å²) in [4.78, 5) is 28.3. The van der Waals surface area contributed by atoms with E-state index in [2.05, 4.69) is 4.98 Å². The predicted molar refractivity (Wildman–Crippen MR) is 95.0 cm³/mol.